The number of aliphatic carboxylic acids is 1. The highest BCUT2D eigenvalue weighted by Gasteiger charge is 2.32. The fourth-order valence-corrected chi connectivity index (χ4v) is 2.32. The lowest BCUT2D eigenvalue weighted by molar-refractivity contribution is -0.274. The quantitative estimate of drug-likeness (QED) is 0.898. The molecular formula is C13H14F3NO3. The van der Waals surface area contributed by atoms with Crippen molar-refractivity contribution in [2.24, 2.45) is 0 Å². The Morgan fingerprint density at radius 3 is 2.75 bits per heavy atom. The summed E-state index contributed by atoms with van der Waals surface area (Å²) in [6.45, 7) is 0. The van der Waals surface area contributed by atoms with Crippen LogP contribution in [0.4, 0.5) is 13.2 Å². The van der Waals surface area contributed by atoms with Gasteiger partial charge in [-0.25, -0.2) is 0 Å². The number of halogens is 3. The van der Waals surface area contributed by atoms with Gasteiger partial charge in [-0.1, -0.05) is 12.1 Å². The molecule has 2 atom stereocenters. The van der Waals surface area contributed by atoms with Crippen LogP contribution in [0.3, 0.4) is 0 Å². The van der Waals surface area contributed by atoms with Crippen LogP contribution >= 0.6 is 0 Å². The molecule has 0 bridgehead atoms. The zero-order valence-electron chi connectivity index (χ0n) is 10.5. The first-order valence-electron chi connectivity index (χ1n) is 6.20. The maximum absolute atomic E-state index is 12.2. The molecule has 0 amide bonds. The first-order chi connectivity index (χ1) is 9.35. The molecule has 0 spiro atoms. The summed E-state index contributed by atoms with van der Waals surface area (Å²) in [6, 6.07) is 4.68. The van der Waals surface area contributed by atoms with Crippen LogP contribution in [0.2, 0.25) is 0 Å². The third-order valence-corrected chi connectivity index (χ3v) is 3.18. The minimum atomic E-state index is -4.73. The third kappa shape index (κ3) is 3.86. The van der Waals surface area contributed by atoms with Gasteiger partial charge in [-0.2, -0.15) is 0 Å². The molecule has 1 fully saturated rings. The topological polar surface area (TPSA) is 58.6 Å². The summed E-state index contributed by atoms with van der Waals surface area (Å²) in [7, 11) is 0. The van der Waals surface area contributed by atoms with Crippen molar-refractivity contribution in [3.63, 3.8) is 0 Å². The highest BCUT2D eigenvalue weighted by atomic mass is 19.4. The molecule has 2 unspecified atom stereocenters. The van der Waals surface area contributed by atoms with Crippen LogP contribution in [-0.2, 0) is 4.79 Å². The second-order valence-electron chi connectivity index (χ2n) is 4.66. The maximum atomic E-state index is 12.2. The predicted molar refractivity (Wildman–Crippen MR) is 64.3 cm³/mol. The smallest absolute Gasteiger partial charge is 0.480 e. The van der Waals surface area contributed by atoms with Crippen molar-refractivity contribution in [3.8, 4) is 5.75 Å². The Bertz CT molecular complexity index is 490. The SMILES string of the molecule is O=C(O)C1CCCC(c2cccc(OC(F)(F)F)c2)N1. The van der Waals surface area contributed by atoms with Crippen molar-refractivity contribution in [3.05, 3.63) is 29.8 Å². The van der Waals surface area contributed by atoms with Crippen molar-refractivity contribution in [1.29, 1.82) is 0 Å². The van der Waals surface area contributed by atoms with E-state index in [1.165, 1.54) is 18.2 Å². The van der Waals surface area contributed by atoms with E-state index in [0.717, 1.165) is 0 Å². The largest absolute Gasteiger partial charge is 0.573 e. The summed E-state index contributed by atoms with van der Waals surface area (Å²) >= 11 is 0. The molecule has 0 saturated carbocycles. The first-order valence-corrected chi connectivity index (χ1v) is 6.20. The van der Waals surface area contributed by atoms with Gasteiger partial charge in [-0.3, -0.25) is 10.1 Å². The van der Waals surface area contributed by atoms with Crippen LogP contribution in [0, 0.1) is 0 Å². The molecule has 2 N–H and O–H groups in total. The molecule has 0 radical (unpaired) electrons. The number of nitrogens with one attached hydrogen (secondary N) is 1. The Morgan fingerprint density at radius 2 is 2.10 bits per heavy atom. The molecule has 110 valence electrons. The predicted octanol–water partition coefficient (Wildman–Crippen LogP) is 2.85. The lowest BCUT2D eigenvalue weighted by atomic mass is 9.93. The minimum Gasteiger partial charge on any atom is -0.480 e. The summed E-state index contributed by atoms with van der Waals surface area (Å²) in [5.41, 5.74) is 0.595. The van der Waals surface area contributed by atoms with E-state index >= 15 is 0 Å². The fraction of sp³-hybridized carbons (Fsp3) is 0.462. The van der Waals surface area contributed by atoms with E-state index < -0.39 is 18.4 Å². The van der Waals surface area contributed by atoms with Crippen molar-refractivity contribution < 1.29 is 27.8 Å². The van der Waals surface area contributed by atoms with Gasteiger partial charge in [0.25, 0.3) is 0 Å². The maximum Gasteiger partial charge on any atom is 0.573 e. The number of hydrogen-bond acceptors (Lipinski definition) is 3. The molecule has 4 nitrogen and oxygen atoms in total. The van der Waals surface area contributed by atoms with E-state index in [4.69, 9.17) is 5.11 Å². The highest BCUT2D eigenvalue weighted by Crippen LogP contribution is 2.30. The Balaban J connectivity index is 2.12. The number of carboxylic acids is 1. The molecule has 7 heteroatoms. The molecule has 1 aliphatic rings. The summed E-state index contributed by atoms with van der Waals surface area (Å²) in [6.07, 6.45) is -2.83. The van der Waals surface area contributed by atoms with E-state index in [9.17, 15) is 18.0 Å². The molecule has 1 aromatic rings. The fourth-order valence-electron chi connectivity index (χ4n) is 2.32. The molecule has 1 aromatic carbocycles. The van der Waals surface area contributed by atoms with Gasteiger partial charge < -0.3 is 9.84 Å². The Morgan fingerprint density at radius 1 is 1.35 bits per heavy atom. The van der Waals surface area contributed by atoms with Crippen LogP contribution in [0.1, 0.15) is 30.9 Å². The number of carbonyl (C=O) groups is 1. The van der Waals surface area contributed by atoms with Gasteiger partial charge >= 0.3 is 12.3 Å². The van der Waals surface area contributed by atoms with Crippen LogP contribution in [0.15, 0.2) is 24.3 Å². The number of benzene rings is 1. The highest BCUT2D eigenvalue weighted by molar-refractivity contribution is 5.73. The minimum absolute atomic E-state index is 0.276. The Hall–Kier alpha value is -1.76. The number of hydrogen-bond donors (Lipinski definition) is 2. The molecule has 1 heterocycles. The zero-order chi connectivity index (χ0) is 14.8. The van der Waals surface area contributed by atoms with E-state index in [1.54, 1.807) is 6.07 Å². The number of ether oxygens (including phenoxy) is 1. The van der Waals surface area contributed by atoms with E-state index in [2.05, 4.69) is 10.1 Å². The van der Waals surface area contributed by atoms with Crippen LogP contribution < -0.4 is 10.1 Å². The van der Waals surface area contributed by atoms with E-state index in [1.807, 2.05) is 0 Å². The number of carboxylic acid groups (broad SMARTS) is 1. The van der Waals surface area contributed by atoms with E-state index in [-0.39, 0.29) is 11.8 Å². The van der Waals surface area contributed by atoms with Crippen molar-refractivity contribution in [2.45, 2.75) is 37.7 Å². The third-order valence-electron chi connectivity index (χ3n) is 3.18. The monoisotopic (exact) mass is 289 g/mol. The van der Waals surface area contributed by atoms with Gasteiger partial charge in [0.2, 0.25) is 0 Å². The average Bonchev–Trinajstić information content (AvgIpc) is 2.37. The number of alkyl halides is 3. The van der Waals surface area contributed by atoms with Gasteiger partial charge in [0.15, 0.2) is 0 Å². The van der Waals surface area contributed by atoms with Crippen LogP contribution in [0.5, 0.6) is 5.75 Å². The van der Waals surface area contributed by atoms with Gasteiger partial charge in [0.05, 0.1) is 0 Å². The molecule has 20 heavy (non-hydrogen) atoms. The van der Waals surface area contributed by atoms with E-state index in [0.29, 0.717) is 24.8 Å². The van der Waals surface area contributed by atoms with Gasteiger partial charge in [0, 0.05) is 6.04 Å². The standard InChI is InChI=1S/C13H14F3NO3/c14-13(15,16)20-9-4-1-3-8(7-9)10-5-2-6-11(17-10)12(18)19/h1,3-4,7,10-11,17H,2,5-6H2,(H,18,19). The average molecular weight is 289 g/mol. The molecule has 1 saturated heterocycles. The normalized spacial score (nSPS) is 23.4. The lowest BCUT2D eigenvalue weighted by Gasteiger charge is -2.29. The van der Waals surface area contributed by atoms with Crippen molar-refractivity contribution >= 4 is 5.97 Å². The summed E-state index contributed by atoms with van der Waals surface area (Å²) in [5, 5.41) is 11.9. The Kier molecular flexibility index (Phi) is 4.17. The lowest BCUT2D eigenvalue weighted by Crippen LogP contribution is -2.42. The zero-order valence-corrected chi connectivity index (χ0v) is 10.5. The Labute approximate surface area is 113 Å². The van der Waals surface area contributed by atoms with Crippen LogP contribution in [-0.4, -0.2) is 23.5 Å². The second kappa shape index (κ2) is 5.70. The van der Waals surface area contributed by atoms with Gasteiger partial charge in [0.1, 0.15) is 11.8 Å². The molecule has 0 aromatic heterocycles. The van der Waals surface area contributed by atoms with Crippen molar-refractivity contribution in [2.75, 3.05) is 0 Å². The molecule has 2 rings (SSSR count). The van der Waals surface area contributed by atoms with Crippen molar-refractivity contribution in [1.82, 2.24) is 5.32 Å². The van der Waals surface area contributed by atoms with Crippen LogP contribution in [0.25, 0.3) is 0 Å². The molecular weight excluding hydrogens is 275 g/mol. The summed E-state index contributed by atoms with van der Waals surface area (Å²) in [5.74, 6) is -1.24. The molecule has 0 aliphatic carbocycles. The van der Waals surface area contributed by atoms with Gasteiger partial charge in [-0.05, 0) is 37.0 Å². The second-order valence-corrected chi connectivity index (χ2v) is 4.66. The molecule has 1 aliphatic heterocycles. The summed E-state index contributed by atoms with van der Waals surface area (Å²) in [4.78, 5) is 10.9. The number of rotatable bonds is 3. The number of piperidine rings is 1. The summed E-state index contributed by atoms with van der Waals surface area (Å²) < 4.78 is 40.4. The first kappa shape index (κ1) is 14.6. The van der Waals surface area contributed by atoms with Gasteiger partial charge in [-0.15, -0.1) is 13.2 Å².